The van der Waals surface area contributed by atoms with Crippen molar-refractivity contribution in [1.82, 2.24) is 19.7 Å². The number of fused-ring (bicyclic) bond motifs is 1. The van der Waals surface area contributed by atoms with Crippen molar-refractivity contribution in [2.75, 3.05) is 5.73 Å². The molecule has 1 atom stereocenters. The van der Waals surface area contributed by atoms with Crippen molar-refractivity contribution in [3.8, 4) is 5.69 Å². The number of aryl methyl sites for hydroxylation is 2. The molecule has 154 valence electrons. The number of benzene rings is 2. The van der Waals surface area contributed by atoms with Gasteiger partial charge in [0.2, 0.25) is 0 Å². The van der Waals surface area contributed by atoms with E-state index in [1.165, 1.54) is 6.07 Å². The number of nitrogen functional groups attached to an aromatic ring is 1. The van der Waals surface area contributed by atoms with Gasteiger partial charge in [-0.3, -0.25) is 4.79 Å². The lowest BCUT2D eigenvalue weighted by molar-refractivity contribution is 0.0940. The maximum Gasteiger partial charge on any atom is 0.251 e. The molecule has 0 radical (unpaired) electrons. The third kappa shape index (κ3) is 3.78. The number of aromatic nitrogens is 3. The Kier molecular flexibility index (Phi) is 5.03. The topological polar surface area (TPSA) is 77.9 Å². The number of hydrogen-bond donors (Lipinski definition) is 2. The average Bonchev–Trinajstić information content (AvgIpc) is 3.19. The largest absolute Gasteiger partial charge is 0.384 e. The Labute approximate surface area is 174 Å². The van der Waals surface area contributed by atoms with E-state index in [2.05, 4.69) is 10.4 Å². The second kappa shape index (κ2) is 7.67. The summed E-state index contributed by atoms with van der Waals surface area (Å²) < 4.78 is 17.3. The maximum atomic E-state index is 13.7. The summed E-state index contributed by atoms with van der Waals surface area (Å²) >= 11 is 0. The van der Waals surface area contributed by atoms with Crippen LogP contribution in [0.1, 0.15) is 28.5 Å². The van der Waals surface area contributed by atoms with E-state index in [1.54, 1.807) is 35.0 Å². The first-order chi connectivity index (χ1) is 14.3. The molecule has 2 aromatic carbocycles. The lowest BCUT2D eigenvalue weighted by Gasteiger charge is -2.14. The molecule has 0 aliphatic carbocycles. The Morgan fingerprint density at radius 3 is 2.60 bits per heavy atom. The number of carbonyl (C=O) groups is 1. The molecule has 1 amide bonds. The molecule has 4 aromatic rings. The zero-order valence-electron chi connectivity index (χ0n) is 17.2. The van der Waals surface area contributed by atoms with Gasteiger partial charge in [-0.1, -0.05) is 0 Å². The van der Waals surface area contributed by atoms with Crippen LogP contribution in [-0.2, 0) is 13.5 Å². The summed E-state index contributed by atoms with van der Waals surface area (Å²) in [5, 5.41) is 8.23. The van der Waals surface area contributed by atoms with E-state index in [0.717, 1.165) is 27.8 Å². The van der Waals surface area contributed by atoms with Crippen molar-refractivity contribution < 1.29 is 9.18 Å². The van der Waals surface area contributed by atoms with Gasteiger partial charge < -0.3 is 15.6 Å². The van der Waals surface area contributed by atoms with E-state index in [-0.39, 0.29) is 17.8 Å². The molecule has 0 aliphatic rings. The molecule has 2 heterocycles. The second-order valence-electron chi connectivity index (χ2n) is 7.67. The summed E-state index contributed by atoms with van der Waals surface area (Å²) in [5.41, 5.74) is 10.1. The minimum Gasteiger partial charge on any atom is -0.384 e. The molecule has 3 N–H and O–H groups in total. The van der Waals surface area contributed by atoms with E-state index in [1.807, 2.05) is 43.8 Å². The van der Waals surface area contributed by atoms with Gasteiger partial charge in [-0.05, 0) is 68.3 Å². The number of rotatable bonds is 5. The van der Waals surface area contributed by atoms with Gasteiger partial charge in [-0.15, -0.1) is 0 Å². The molecule has 0 unspecified atom stereocenters. The van der Waals surface area contributed by atoms with Crippen LogP contribution in [0.3, 0.4) is 0 Å². The molecule has 30 heavy (non-hydrogen) atoms. The molecule has 0 spiro atoms. The molecule has 0 bridgehead atoms. The van der Waals surface area contributed by atoms with Crippen LogP contribution in [0.2, 0.25) is 0 Å². The second-order valence-corrected chi connectivity index (χ2v) is 7.67. The zero-order chi connectivity index (χ0) is 21.4. The summed E-state index contributed by atoms with van der Waals surface area (Å²) in [6.07, 6.45) is 2.59. The molecule has 7 heteroatoms. The summed E-state index contributed by atoms with van der Waals surface area (Å²) in [7, 11) is 1.93. The lowest BCUT2D eigenvalue weighted by atomic mass is 10.1. The highest BCUT2D eigenvalue weighted by Gasteiger charge is 2.15. The number of nitrogens with two attached hydrogens (primary N) is 1. The molecule has 0 saturated heterocycles. The summed E-state index contributed by atoms with van der Waals surface area (Å²) in [4.78, 5) is 12.7. The Morgan fingerprint density at radius 1 is 1.20 bits per heavy atom. The highest BCUT2D eigenvalue weighted by molar-refractivity contribution is 5.94. The maximum absolute atomic E-state index is 13.7. The number of carbonyl (C=O) groups excluding carboxylic acids is 1. The average molecular weight is 405 g/mol. The fraction of sp³-hybridized carbons (Fsp3) is 0.217. The first-order valence-corrected chi connectivity index (χ1v) is 9.78. The third-order valence-corrected chi connectivity index (χ3v) is 5.17. The number of nitrogens with one attached hydrogen (secondary N) is 1. The number of amides is 1. The minimum atomic E-state index is -0.264. The molecule has 0 fully saturated rings. The van der Waals surface area contributed by atoms with Crippen molar-refractivity contribution in [2.24, 2.45) is 7.05 Å². The normalized spacial score (nSPS) is 12.3. The molecular weight excluding hydrogens is 381 g/mol. The predicted molar refractivity (Wildman–Crippen MR) is 116 cm³/mol. The van der Waals surface area contributed by atoms with E-state index in [0.29, 0.717) is 17.8 Å². The monoisotopic (exact) mass is 405 g/mol. The van der Waals surface area contributed by atoms with E-state index >= 15 is 0 Å². The Hall–Kier alpha value is -3.61. The number of hydrogen-bond acceptors (Lipinski definition) is 3. The van der Waals surface area contributed by atoms with Crippen molar-refractivity contribution in [3.63, 3.8) is 0 Å². The molecule has 0 saturated carbocycles. The fourth-order valence-electron chi connectivity index (χ4n) is 3.78. The Morgan fingerprint density at radius 2 is 1.93 bits per heavy atom. The molecular formula is C23H24FN5O. The van der Waals surface area contributed by atoms with Gasteiger partial charge in [-0.25, -0.2) is 9.07 Å². The van der Waals surface area contributed by atoms with Gasteiger partial charge in [-0.2, -0.15) is 5.10 Å². The molecule has 0 aliphatic heterocycles. The quantitative estimate of drug-likeness (QED) is 0.531. The van der Waals surface area contributed by atoms with Crippen LogP contribution < -0.4 is 11.1 Å². The molecule has 6 nitrogen and oxygen atoms in total. The SMILES string of the molecule is Cc1cc(N)n(-c2ccc(C(=O)N[C@H](C)Cc3cn(C)c4ccc(F)cc34)cc2)n1. The standard InChI is InChI=1S/C23H24FN5O/c1-14(10-17-13-28(3)21-9-6-18(24)12-20(17)21)26-23(30)16-4-7-19(8-5-16)29-22(25)11-15(2)27-29/h4-9,11-14H,10,25H2,1-3H3,(H,26,30)/t14-/m1/s1. The lowest BCUT2D eigenvalue weighted by Crippen LogP contribution is -2.34. The van der Waals surface area contributed by atoms with Crippen molar-refractivity contribution in [1.29, 1.82) is 0 Å². The van der Waals surface area contributed by atoms with Crippen molar-refractivity contribution >= 4 is 22.6 Å². The number of nitrogens with zero attached hydrogens (tertiary/aromatic N) is 3. The zero-order valence-corrected chi connectivity index (χ0v) is 17.2. The van der Waals surface area contributed by atoms with E-state index in [9.17, 15) is 9.18 Å². The number of halogens is 1. The van der Waals surface area contributed by atoms with Gasteiger partial charge in [0.1, 0.15) is 11.6 Å². The fourth-order valence-corrected chi connectivity index (χ4v) is 3.78. The molecule has 2 aromatic heterocycles. The van der Waals surface area contributed by atoms with Crippen LogP contribution in [0.5, 0.6) is 0 Å². The highest BCUT2D eigenvalue weighted by Crippen LogP contribution is 2.23. The van der Waals surface area contributed by atoms with Gasteiger partial charge in [0.15, 0.2) is 0 Å². The molecule has 4 rings (SSSR count). The van der Waals surface area contributed by atoms with Crippen molar-refractivity contribution in [2.45, 2.75) is 26.3 Å². The van der Waals surface area contributed by atoms with Crippen LogP contribution in [0.4, 0.5) is 10.2 Å². The van der Waals surface area contributed by atoms with Crippen LogP contribution in [0.15, 0.2) is 54.7 Å². The van der Waals surface area contributed by atoms with Gasteiger partial charge in [0.25, 0.3) is 5.91 Å². The van der Waals surface area contributed by atoms with Crippen LogP contribution >= 0.6 is 0 Å². The van der Waals surface area contributed by atoms with Crippen LogP contribution in [0.25, 0.3) is 16.6 Å². The van der Waals surface area contributed by atoms with Crippen LogP contribution in [0, 0.1) is 12.7 Å². The summed E-state index contributed by atoms with van der Waals surface area (Å²) in [5.74, 6) is 0.120. The van der Waals surface area contributed by atoms with Crippen LogP contribution in [-0.4, -0.2) is 26.3 Å². The Bertz CT molecular complexity index is 1220. The Balaban J connectivity index is 1.46. The van der Waals surface area contributed by atoms with Crippen molar-refractivity contribution in [3.05, 3.63) is 77.4 Å². The van der Waals surface area contributed by atoms with Gasteiger partial charge in [0.05, 0.1) is 11.4 Å². The third-order valence-electron chi connectivity index (χ3n) is 5.17. The summed E-state index contributed by atoms with van der Waals surface area (Å²) in [6, 6.07) is 13.6. The number of anilines is 1. The first kappa shape index (κ1) is 19.7. The summed E-state index contributed by atoms with van der Waals surface area (Å²) in [6.45, 7) is 3.82. The van der Waals surface area contributed by atoms with Gasteiger partial charge in [0, 0.05) is 41.8 Å². The van der Waals surface area contributed by atoms with Gasteiger partial charge >= 0.3 is 0 Å². The van der Waals surface area contributed by atoms with E-state index < -0.39 is 0 Å². The highest BCUT2D eigenvalue weighted by atomic mass is 19.1. The smallest absolute Gasteiger partial charge is 0.251 e. The minimum absolute atomic E-state index is 0.115. The van der Waals surface area contributed by atoms with E-state index in [4.69, 9.17) is 5.73 Å². The first-order valence-electron chi connectivity index (χ1n) is 9.78. The predicted octanol–water partition coefficient (Wildman–Crippen LogP) is 3.75.